The first-order chi connectivity index (χ1) is 14.8. The van der Waals surface area contributed by atoms with Crippen LogP contribution >= 0.6 is 0 Å². The molecule has 0 saturated heterocycles. The molecule has 2 nitrogen and oxygen atoms in total. The molecular formula is C29H34O2. The van der Waals surface area contributed by atoms with Crippen LogP contribution in [-0.4, -0.2) is 11.6 Å². The molecule has 0 aliphatic heterocycles. The number of esters is 1. The zero-order chi connectivity index (χ0) is 21.5. The average molecular weight is 415 g/mol. The van der Waals surface area contributed by atoms with Gasteiger partial charge >= 0.3 is 5.97 Å². The second kappa shape index (κ2) is 6.70. The number of rotatable bonds is 4. The Morgan fingerprint density at radius 2 is 1.65 bits per heavy atom. The Hall–Kier alpha value is -2.09. The lowest BCUT2D eigenvalue weighted by Crippen LogP contribution is -2.33. The van der Waals surface area contributed by atoms with E-state index >= 15 is 0 Å². The van der Waals surface area contributed by atoms with E-state index in [-0.39, 0.29) is 11.9 Å². The summed E-state index contributed by atoms with van der Waals surface area (Å²) in [5, 5.41) is 2.31. The van der Waals surface area contributed by atoms with E-state index in [0.29, 0.717) is 11.5 Å². The third kappa shape index (κ3) is 2.79. The number of hydrogen-bond donors (Lipinski definition) is 0. The van der Waals surface area contributed by atoms with Crippen LogP contribution in [0, 0.1) is 41.4 Å². The van der Waals surface area contributed by atoms with Gasteiger partial charge in [-0.15, -0.1) is 0 Å². The Balaban J connectivity index is 1.36. The zero-order valence-corrected chi connectivity index (χ0v) is 19.2. The summed E-state index contributed by atoms with van der Waals surface area (Å²) in [5.74, 6) is 5.96. The summed E-state index contributed by atoms with van der Waals surface area (Å²) < 4.78 is 5.95. The number of hydrogen-bond acceptors (Lipinski definition) is 2. The van der Waals surface area contributed by atoms with Gasteiger partial charge in [0.15, 0.2) is 0 Å². The summed E-state index contributed by atoms with van der Waals surface area (Å²) in [6.45, 7) is 8.20. The molecule has 2 heteroatoms. The van der Waals surface area contributed by atoms with E-state index in [4.69, 9.17) is 4.74 Å². The first-order valence-corrected chi connectivity index (χ1v) is 12.3. The van der Waals surface area contributed by atoms with Gasteiger partial charge in [0.2, 0.25) is 0 Å². The molecule has 0 heterocycles. The molecule has 2 aromatic rings. The standard InChI is InChI=1S/C29H34O2/c1-16(2)29(3,4)31-28(30)23-10-6-7-20-21(23)8-5-9-22(20)24-14-19-15-25(24)27-18-12-11-17(13-18)26(19)27/h5-12,16-19,24-27H,13-15H2,1-4H3. The summed E-state index contributed by atoms with van der Waals surface area (Å²) >= 11 is 0. The quantitative estimate of drug-likeness (QED) is 0.306. The number of carbonyl (C=O) groups is 1. The molecule has 7 atom stereocenters. The average Bonchev–Trinajstić information content (AvgIpc) is 3.51. The van der Waals surface area contributed by atoms with Crippen molar-refractivity contribution in [1.29, 1.82) is 0 Å². The van der Waals surface area contributed by atoms with Crippen molar-refractivity contribution in [3.63, 3.8) is 0 Å². The summed E-state index contributed by atoms with van der Waals surface area (Å²) in [6.07, 6.45) is 9.20. The fraction of sp³-hybridized carbons (Fsp3) is 0.552. The van der Waals surface area contributed by atoms with E-state index in [1.807, 2.05) is 26.0 Å². The Kier molecular flexibility index (Phi) is 4.23. The summed E-state index contributed by atoms with van der Waals surface area (Å²) in [4.78, 5) is 13.1. The fourth-order valence-electron chi connectivity index (χ4n) is 7.62. The molecule has 3 saturated carbocycles. The number of allylic oxidation sites excluding steroid dienone is 2. The predicted molar refractivity (Wildman–Crippen MR) is 125 cm³/mol. The Morgan fingerprint density at radius 3 is 2.42 bits per heavy atom. The molecule has 3 fully saturated rings. The molecule has 0 aromatic heterocycles. The fourth-order valence-corrected chi connectivity index (χ4v) is 7.62. The number of ether oxygens (including phenoxy) is 1. The van der Waals surface area contributed by atoms with Crippen molar-refractivity contribution in [3.8, 4) is 0 Å². The van der Waals surface area contributed by atoms with Crippen LogP contribution in [-0.2, 0) is 4.74 Å². The molecule has 7 unspecified atom stereocenters. The number of benzene rings is 2. The molecule has 162 valence electrons. The predicted octanol–water partition coefficient (Wildman–Crippen LogP) is 6.99. The summed E-state index contributed by atoms with van der Waals surface area (Å²) in [7, 11) is 0. The molecule has 2 aromatic carbocycles. The van der Waals surface area contributed by atoms with Crippen LogP contribution in [0.5, 0.6) is 0 Å². The van der Waals surface area contributed by atoms with E-state index < -0.39 is 5.60 Å². The maximum Gasteiger partial charge on any atom is 0.339 e. The van der Waals surface area contributed by atoms with E-state index in [1.54, 1.807) is 0 Å². The summed E-state index contributed by atoms with van der Waals surface area (Å²) in [5.41, 5.74) is 1.69. The molecule has 0 amide bonds. The molecule has 4 aliphatic rings. The monoisotopic (exact) mass is 414 g/mol. The number of fused-ring (bicyclic) bond motifs is 10. The first-order valence-electron chi connectivity index (χ1n) is 12.3. The highest BCUT2D eigenvalue weighted by atomic mass is 16.6. The number of carbonyl (C=O) groups excluding carboxylic acids is 1. The highest BCUT2D eigenvalue weighted by Crippen LogP contribution is 2.69. The molecular weight excluding hydrogens is 380 g/mol. The minimum atomic E-state index is -0.480. The van der Waals surface area contributed by atoms with Crippen LogP contribution in [0.1, 0.15) is 68.8 Å². The van der Waals surface area contributed by atoms with Crippen molar-refractivity contribution in [1.82, 2.24) is 0 Å². The van der Waals surface area contributed by atoms with Crippen molar-refractivity contribution in [3.05, 3.63) is 59.7 Å². The maximum absolute atomic E-state index is 13.1. The lowest BCUT2D eigenvalue weighted by Gasteiger charge is -2.37. The van der Waals surface area contributed by atoms with Crippen LogP contribution in [0.2, 0.25) is 0 Å². The van der Waals surface area contributed by atoms with Crippen molar-refractivity contribution in [2.24, 2.45) is 41.4 Å². The van der Waals surface area contributed by atoms with Crippen LogP contribution in [0.25, 0.3) is 10.8 Å². The molecule has 4 aliphatic carbocycles. The van der Waals surface area contributed by atoms with Gasteiger partial charge in [0.05, 0.1) is 5.56 Å². The van der Waals surface area contributed by atoms with E-state index in [0.717, 1.165) is 40.9 Å². The molecule has 0 spiro atoms. The van der Waals surface area contributed by atoms with Gasteiger partial charge in [-0.1, -0.05) is 56.3 Å². The van der Waals surface area contributed by atoms with Gasteiger partial charge in [-0.05, 0) is 103 Å². The Morgan fingerprint density at radius 1 is 0.935 bits per heavy atom. The Labute approximate surface area is 186 Å². The topological polar surface area (TPSA) is 26.3 Å². The third-order valence-electron chi connectivity index (χ3n) is 9.59. The second-order valence-corrected chi connectivity index (χ2v) is 11.5. The van der Waals surface area contributed by atoms with Crippen LogP contribution in [0.3, 0.4) is 0 Å². The molecule has 6 rings (SSSR count). The lowest BCUT2D eigenvalue weighted by atomic mass is 9.67. The molecule has 31 heavy (non-hydrogen) atoms. The third-order valence-corrected chi connectivity index (χ3v) is 9.59. The summed E-state index contributed by atoms with van der Waals surface area (Å²) in [6, 6.07) is 12.8. The molecule has 0 radical (unpaired) electrons. The van der Waals surface area contributed by atoms with E-state index in [1.165, 1.54) is 30.2 Å². The van der Waals surface area contributed by atoms with Gasteiger partial charge in [0.1, 0.15) is 5.60 Å². The largest absolute Gasteiger partial charge is 0.456 e. The highest BCUT2D eigenvalue weighted by molar-refractivity contribution is 6.05. The van der Waals surface area contributed by atoms with Gasteiger partial charge in [-0.2, -0.15) is 0 Å². The van der Waals surface area contributed by atoms with Gasteiger partial charge in [-0.25, -0.2) is 4.79 Å². The van der Waals surface area contributed by atoms with Crippen LogP contribution < -0.4 is 0 Å². The highest BCUT2D eigenvalue weighted by Gasteiger charge is 2.61. The van der Waals surface area contributed by atoms with Crippen LogP contribution in [0.15, 0.2) is 48.6 Å². The molecule has 0 N–H and O–H groups in total. The normalized spacial score (nSPS) is 35.3. The van der Waals surface area contributed by atoms with Crippen molar-refractivity contribution < 1.29 is 9.53 Å². The second-order valence-electron chi connectivity index (χ2n) is 11.5. The van der Waals surface area contributed by atoms with Gasteiger partial charge in [-0.3, -0.25) is 0 Å². The van der Waals surface area contributed by atoms with Gasteiger partial charge in [0.25, 0.3) is 0 Å². The van der Waals surface area contributed by atoms with Crippen LogP contribution in [0.4, 0.5) is 0 Å². The smallest absolute Gasteiger partial charge is 0.339 e. The maximum atomic E-state index is 13.1. The minimum absolute atomic E-state index is 0.201. The molecule has 4 bridgehead atoms. The lowest BCUT2D eigenvalue weighted by molar-refractivity contribution is -0.0220. The van der Waals surface area contributed by atoms with Crippen molar-refractivity contribution in [2.75, 3.05) is 0 Å². The minimum Gasteiger partial charge on any atom is -0.456 e. The van der Waals surface area contributed by atoms with E-state index in [9.17, 15) is 4.79 Å². The Bertz CT molecular complexity index is 1080. The van der Waals surface area contributed by atoms with Crippen molar-refractivity contribution in [2.45, 2.75) is 58.5 Å². The van der Waals surface area contributed by atoms with Gasteiger partial charge in [0, 0.05) is 0 Å². The van der Waals surface area contributed by atoms with Gasteiger partial charge < -0.3 is 4.74 Å². The van der Waals surface area contributed by atoms with E-state index in [2.05, 4.69) is 50.3 Å². The first kappa shape index (κ1) is 19.6. The SMILES string of the molecule is CC(C)C(C)(C)OC(=O)c1cccc2c(C3CC4CC3C3C5C=CC(C5)C43)cccc12. The zero-order valence-electron chi connectivity index (χ0n) is 19.2. The van der Waals surface area contributed by atoms with Crippen molar-refractivity contribution >= 4 is 16.7 Å².